The van der Waals surface area contributed by atoms with Crippen molar-refractivity contribution in [1.29, 1.82) is 0 Å². The van der Waals surface area contributed by atoms with E-state index < -0.39 is 11.8 Å². The van der Waals surface area contributed by atoms with Crippen molar-refractivity contribution in [1.82, 2.24) is 15.2 Å². The molecule has 0 aliphatic carbocycles. The number of carbonyl (C=O) groups is 2. The van der Waals surface area contributed by atoms with Crippen LogP contribution < -0.4 is 10.6 Å². The van der Waals surface area contributed by atoms with Crippen molar-refractivity contribution >= 4 is 17.5 Å². The average molecular weight is 338 g/mol. The Morgan fingerprint density at radius 3 is 2.72 bits per heavy atom. The molecule has 130 valence electrons. The van der Waals surface area contributed by atoms with E-state index >= 15 is 0 Å². The fourth-order valence-corrected chi connectivity index (χ4v) is 3.03. The summed E-state index contributed by atoms with van der Waals surface area (Å²) in [4.78, 5) is 30.6. The largest absolute Gasteiger partial charge is 0.344 e. The van der Waals surface area contributed by atoms with Crippen molar-refractivity contribution in [2.24, 2.45) is 0 Å². The van der Waals surface area contributed by atoms with E-state index in [1.807, 2.05) is 36.5 Å². The zero-order chi connectivity index (χ0) is 17.5. The SMILES string of the molecule is O=C(Nc1ccccc1)C(=O)N[C@H]1CCCN(Cc2cccnc2)C1. The van der Waals surface area contributed by atoms with Gasteiger partial charge in [0.2, 0.25) is 0 Å². The van der Waals surface area contributed by atoms with E-state index in [0.717, 1.165) is 38.0 Å². The highest BCUT2D eigenvalue weighted by atomic mass is 16.2. The van der Waals surface area contributed by atoms with Gasteiger partial charge >= 0.3 is 11.8 Å². The van der Waals surface area contributed by atoms with E-state index in [-0.39, 0.29) is 6.04 Å². The number of para-hydroxylation sites is 1. The third-order valence-corrected chi connectivity index (χ3v) is 4.21. The fraction of sp³-hybridized carbons (Fsp3) is 0.316. The van der Waals surface area contributed by atoms with Crippen molar-refractivity contribution in [3.63, 3.8) is 0 Å². The van der Waals surface area contributed by atoms with Gasteiger partial charge in [-0.3, -0.25) is 19.5 Å². The van der Waals surface area contributed by atoms with E-state index in [1.165, 1.54) is 0 Å². The average Bonchev–Trinajstić information content (AvgIpc) is 2.63. The van der Waals surface area contributed by atoms with E-state index in [1.54, 1.807) is 18.3 Å². The Kier molecular flexibility index (Phi) is 5.74. The predicted molar refractivity (Wildman–Crippen MR) is 95.8 cm³/mol. The number of benzene rings is 1. The molecular formula is C19H22N4O2. The van der Waals surface area contributed by atoms with Crippen molar-refractivity contribution in [3.05, 3.63) is 60.4 Å². The second kappa shape index (κ2) is 8.39. The van der Waals surface area contributed by atoms with Crippen LogP contribution in [0, 0.1) is 0 Å². The van der Waals surface area contributed by atoms with Crippen molar-refractivity contribution in [2.45, 2.75) is 25.4 Å². The Hall–Kier alpha value is -2.73. The number of rotatable bonds is 4. The molecule has 1 fully saturated rings. The number of nitrogens with zero attached hydrogens (tertiary/aromatic N) is 2. The Morgan fingerprint density at radius 2 is 1.96 bits per heavy atom. The summed E-state index contributed by atoms with van der Waals surface area (Å²) in [6.45, 7) is 2.52. The molecular weight excluding hydrogens is 316 g/mol. The number of carbonyl (C=O) groups excluding carboxylic acids is 2. The van der Waals surface area contributed by atoms with Gasteiger partial charge in [0.05, 0.1) is 0 Å². The molecule has 2 amide bonds. The van der Waals surface area contributed by atoms with Crippen LogP contribution in [0.2, 0.25) is 0 Å². The number of nitrogens with one attached hydrogen (secondary N) is 2. The van der Waals surface area contributed by atoms with Crippen molar-refractivity contribution in [3.8, 4) is 0 Å². The zero-order valence-electron chi connectivity index (χ0n) is 14.0. The maximum absolute atomic E-state index is 12.1. The van der Waals surface area contributed by atoms with Crippen LogP contribution in [-0.4, -0.2) is 40.8 Å². The number of likely N-dealkylation sites (tertiary alicyclic amines) is 1. The molecule has 3 rings (SSSR count). The number of hydrogen-bond acceptors (Lipinski definition) is 4. The Morgan fingerprint density at radius 1 is 1.12 bits per heavy atom. The number of anilines is 1. The lowest BCUT2D eigenvalue weighted by molar-refractivity contribution is -0.136. The van der Waals surface area contributed by atoms with Gasteiger partial charge in [0.1, 0.15) is 0 Å². The number of pyridine rings is 1. The van der Waals surface area contributed by atoms with E-state index in [0.29, 0.717) is 5.69 Å². The van der Waals surface area contributed by atoms with Crippen LogP contribution in [0.25, 0.3) is 0 Å². The molecule has 2 N–H and O–H groups in total. The van der Waals surface area contributed by atoms with Crippen molar-refractivity contribution < 1.29 is 9.59 Å². The molecule has 1 aliphatic heterocycles. The van der Waals surface area contributed by atoms with E-state index in [2.05, 4.69) is 20.5 Å². The number of aromatic nitrogens is 1. The van der Waals surface area contributed by atoms with Crippen molar-refractivity contribution in [2.75, 3.05) is 18.4 Å². The minimum absolute atomic E-state index is 0.0144. The first kappa shape index (κ1) is 17.1. The molecule has 6 nitrogen and oxygen atoms in total. The molecule has 1 saturated heterocycles. The lowest BCUT2D eigenvalue weighted by atomic mass is 10.0. The van der Waals surface area contributed by atoms with Gasteiger partial charge in [-0.25, -0.2) is 0 Å². The zero-order valence-corrected chi connectivity index (χ0v) is 14.0. The molecule has 2 heterocycles. The maximum Gasteiger partial charge on any atom is 0.313 e. The number of amides is 2. The monoisotopic (exact) mass is 338 g/mol. The van der Waals surface area contributed by atoms with E-state index in [4.69, 9.17) is 0 Å². The highest BCUT2D eigenvalue weighted by Crippen LogP contribution is 2.13. The van der Waals surface area contributed by atoms with Gasteiger partial charge in [0.15, 0.2) is 0 Å². The summed E-state index contributed by atoms with van der Waals surface area (Å²) in [6, 6.07) is 12.9. The third kappa shape index (κ3) is 5.12. The first-order valence-electron chi connectivity index (χ1n) is 8.49. The first-order valence-corrected chi connectivity index (χ1v) is 8.49. The lowest BCUT2D eigenvalue weighted by Gasteiger charge is -2.32. The molecule has 0 radical (unpaired) electrons. The topological polar surface area (TPSA) is 74.3 Å². The molecule has 0 spiro atoms. The van der Waals surface area contributed by atoms with Crippen LogP contribution in [0.5, 0.6) is 0 Å². The summed E-state index contributed by atoms with van der Waals surface area (Å²) >= 11 is 0. The Labute approximate surface area is 147 Å². The number of hydrogen-bond donors (Lipinski definition) is 2. The smallest absolute Gasteiger partial charge is 0.313 e. The molecule has 1 atom stereocenters. The predicted octanol–water partition coefficient (Wildman–Crippen LogP) is 1.80. The molecule has 0 bridgehead atoms. The summed E-state index contributed by atoms with van der Waals surface area (Å²) in [7, 11) is 0. The Balaban J connectivity index is 1.50. The second-order valence-corrected chi connectivity index (χ2v) is 6.23. The van der Waals surface area contributed by atoms with Gasteiger partial charge in [-0.1, -0.05) is 24.3 Å². The molecule has 2 aromatic rings. The highest BCUT2D eigenvalue weighted by molar-refractivity contribution is 6.39. The van der Waals surface area contributed by atoms with Crippen LogP contribution in [-0.2, 0) is 16.1 Å². The van der Waals surface area contributed by atoms with Crippen LogP contribution >= 0.6 is 0 Å². The summed E-state index contributed by atoms with van der Waals surface area (Å²) in [6.07, 6.45) is 5.49. The standard InChI is InChI=1S/C19H22N4O2/c24-18(21-16-7-2-1-3-8-16)19(25)22-17-9-5-11-23(14-17)13-15-6-4-10-20-12-15/h1-4,6-8,10,12,17H,5,9,11,13-14H2,(H,21,24)(H,22,25)/t17-/m0/s1. The third-order valence-electron chi connectivity index (χ3n) is 4.21. The van der Waals surface area contributed by atoms with Crippen LogP contribution in [0.3, 0.4) is 0 Å². The minimum Gasteiger partial charge on any atom is -0.344 e. The maximum atomic E-state index is 12.1. The summed E-state index contributed by atoms with van der Waals surface area (Å²) in [5, 5.41) is 5.46. The number of piperidine rings is 1. The molecule has 1 aliphatic rings. The van der Waals surface area contributed by atoms with Gasteiger partial charge in [0, 0.05) is 37.2 Å². The van der Waals surface area contributed by atoms with Gasteiger partial charge in [-0.15, -0.1) is 0 Å². The van der Waals surface area contributed by atoms with Gasteiger partial charge in [-0.2, -0.15) is 0 Å². The quantitative estimate of drug-likeness (QED) is 0.834. The minimum atomic E-state index is -0.629. The lowest BCUT2D eigenvalue weighted by Crippen LogP contribution is -2.50. The molecule has 25 heavy (non-hydrogen) atoms. The van der Waals surface area contributed by atoms with Gasteiger partial charge in [-0.05, 0) is 43.1 Å². The molecule has 6 heteroatoms. The summed E-state index contributed by atoms with van der Waals surface area (Å²) in [5.41, 5.74) is 1.76. The normalized spacial score (nSPS) is 17.7. The Bertz CT molecular complexity index is 706. The molecule has 1 aromatic heterocycles. The van der Waals surface area contributed by atoms with Crippen LogP contribution in [0.1, 0.15) is 18.4 Å². The highest BCUT2D eigenvalue weighted by Gasteiger charge is 2.24. The van der Waals surface area contributed by atoms with Gasteiger partial charge < -0.3 is 10.6 Å². The van der Waals surface area contributed by atoms with Gasteiger partial charge in [0.25, 0.3) is 0 Å². The fourth-order valence-electron chi connectivity index (χ4n) is 3.03. The molecule has 1 aromatic carbocycles. The summed E-state index contributed by atoms with van der Waals surface area (Å²) in [5.74, 6) is -1.22. The second-order valence-electron chi connectivity index (χ2n) is 6.23. The van der Waals surface area contributed by atoms with Crippen LogP contribution in [0.4, 0.5) is 5.69 Å². The van der Waals surface area contributed by atoms with Crippen LogP contribution in [0.15, 0.2) is 54.9 Å². The first-order chi connectivity index (χ1) is 12.2. The van der Waals surface area contributed by atoms with E-state index in [9.17, 15) is 9.59 Å². The molecule has 0 unspecified atom stereocenters. The summed E-state index contributed by atoms with van der Waals surface area (Å²) < 4.78 is 0. The molecule has 0 saturated carbocycles.